The summed E-state index contributed by atoms with van der Waals surface area (Å²) < 4.78 is 18.7. The maximum absolute atomic E-state index is 13.2. The Morgan fingerprint density at radius 3 is 2.94 bits per heavy atom. The lowest BCUT2D eigenvalue weighted by Gasteiger charge is -2.03. The molecule has 17 heavy (non-hydrogen) atoms. The van der Waals surface area contributed by atoms with E-state index in [1.807, 2.05) is 0 Å². The van der Waals surface area contributed by atoms with Crippen LogP contribution in [0.2, 0.25) is 0 Å². The minimum absolute atomic E-state index is 0.0177. The van der Waals surface area contributed by atoms with E-state index in [2.05, 4.69) is 26.2 Å². The van der Waals surface area contributed by atoms with Gasteiger partial charge < -0.3 is 9.73 Å². The third kappa shape index (κ3) is 2.91. The molecule has 4 nitrogen and oxygen atoms in total. The summed E-state index contributed by atoms with van der Waals surface area (Å²) in [5.41, 5.74) is 0.187. The Morgan fingerprint density at radius 1 is 1.47 bits per heavy atom. The van der Waals surface area contributed by atoms with Crippen molar-refractivity contribution in [1.82, 2.24) is 10.3 Å². The molecule has 0 aliphatic heterocycles. The number of rotatable bonds is 3. The van der Waals surface area contributed by atoms with E-state index >= 15 is 0 Å². The van der Waals surface area contributed by atoms with Gasteiger partial charge in [0, 0.05) is 6.20 Å². The fourth-order valence-corrected chi connectivity index (χ4v) is 1.54. The van der Waals surface area contributed by atoms with Gasteiger partial charge in [0.1, 0.15) is 5.82 Å². The molecule has 2 aromatic rings. The van der Waals surface area contributed by atoms with Crippen LogP contribution in [-0.2, 0) is 6.54 Å². The first-order chi connectivity index (χ1) is 8.16. The molecule has 1 N–H and O–H groups in total. The van der Waals surface area contributed by atoms with Gasteiger partial charge in [0.25, 0.3) is 5.91 Å². The summed E-state index contributed by atoms with van der Waals surface area (Å²) in [5.74, 6) is -0.706. The number of furan rings is 1. The van der Waals surface area contributed by atoms with Crippen molar-refractivity contribution in [3.05, 3.63) is 52.4 Å². The second-order valence-electron chi connectivity index (χ2n) is 3.22. The molecule has 0 aliphatic rings. The molecular weight excluding hydrogens is 291 g/mol. The van der Waals surface area contributed by atoms with Gasteiger partial charge in [-0.25, -0.2) is 4.39 Å². The van der Waals surface area contributed by atoms with Crippen molar-refractivity contribution in [2.45, 2.75) is 6.54 Å². The lowest BCUT2D eigenvalue weighted by Crippen LogP contribution is -2.23. The van der Waals surface area contributed by atoms with Gasteiger partial charge in [-0.15, -0.1) is 0 Å². The van der Waals surface area contributed by atoms with Crippen molar-refractivity contribution < 1.29 is 13.6 Å². The predicted octanol–water partition coefficient (Wildman–Crippen LogP) is 2.51. The van der Waals surface area contributed by atoms with Gasteiger partial charge in [0.05, 0.1) is 12.2 Å². The van der Waals surface area contributed by atoms with Crippen LogP contribution in [0.15, 0.2) is 39.5 Å². The van der Waals surface area contributed by atoms with Gasteiger partial charge in [-0.2, -0.15) is 0 Å². The maximum Gasteiger partial charge on any atom is 0.287 e. The SMILES string of the molecule is O=C(NCc1ncccc1F)c1ccc(Br)o1. The number of hydrogen-bond donors (Lipinski definition) is 1. The first kappa shape index (κ1) is 11.8. The highest BCUT2D eigenvalue weighted by molar-refractivity contribution is 9.10. The molecule has 6 heteroatoms. The summed E-state index contributed by atoms with van der Waals surface area (Å²) >= 11 is 3.09. The molecular formula is C11H8BrFN2O2. The van der Waals surface area contributed by atoms with Gasteiger partial charge in [-0.3, -0.25) is 9.78 Å². The molecule has 2 rings (SSSR count). The number of carbonyl (C=O) groups excluding carboxylic acids is 1. The Hall–Kier alpha value is -1.69. The van der Waals surface area contributed by atoms with Gasteiger partial charge in [0.2, 0.25) is 0 Å². The molecule has 88 valence electrons. The molecule has 0 aliphatic carbocycles. The molecule has 0 radical (unpaired) electrons. The summed E-state index contributed by atoms with van der Waals surface area (Å²) in [6.07, 6.45) is 1.47. The number of aromatic nitrogens is 1. The molecule has 0 fully saturated rings. The average Bonchev–Trinajstić information content (AvgIpc) is 2.74. The number of pyridine rings is 1. The third-order valence-corrected chi connectivity index (χ3v) is 2.47. The first-order valence-electron chi connectivity index (χ1n) is 4.80. The lowest BCUT2D eigenvalue weighted by molar-refractivity contribution is 0.0921. The summed E-state index contributed by atoms with van der Waals surface area (Å²) in [7, 11) is 0. The zero-order valence-electron chi connectivity index (χ0n) is 8.61. The molecule has 2 heterocycles. The molecule has 0 atom stereocenters. The van der Waals surface area contributed by atoms with Crippen LogP contribution in [0, 0.1) is 5.82 Å². The van der Waals surface area contributed by atoms with Crippen LogP contribution in [0.4, 0.5) is 4.39 Å². The standard InChI is InChI=1S/C11H8BrFN2O2/c12-10-4-3-9(17-10)11(16)15-6-8-7(13)2-1-5-14-8/h1-5H,6H2,(H,15,16). The topological polar surface area (TPSA) is 55.1 Å². The van der Waals surface area contributed by atoms with Gasteiger partial charge >= 0.3 is 0 Å². The fourth-order valence-electron chi connectivity index (χ4n) is 1.24. The third-order valence-electron chi connectivity index (χ3n) is 2.05. The minimum Gasteiger partial charge on any atom is -0.444 e. The summed E-state index contributed by atoms with van der Waals surface area (Å²) in [6.45, 7) is 0.0177. The summed E-state index contributed by atoms with van der Waals surface area (Å²) in [4.78, 5) is 15.4. The van der Waals surface area contributed by atoms with E-state index in [1.54, 1.807) is 6.07 Å². The minimum atomic E-state index is -0.451. The Bertz CT molecular complexity index is 542. The van der Waals surface area contributed by atoms with Gasteiger partial charge in [0.15, 0.2) is 10.4 Å². The van der Waals surface area contributed by atoms with E-state index in [9.17, 15) is 9.18 Å². The molecule has 0 unspecified atom stereocenters. The molecule has 0 saturated carbocycles. The predicted molar refractivity (Wildman–Crippen MR) is 61.8 cm³/mol. The Balaban J connectivity index is 1.99. The van der Waals surface area contributed by atoms with Crippen molar-refractivity contribution in [2.75, 3.05) is 0 Å². The highest BCUT2D eigenvalue weighted by atomic mass is 79.9. The van der Waals surface area contributed by atoms with E-state index in [-0.39, 0.29) is 18.0 Å². The van der Waals surface area contributed by atoms with Crippen molar-refractivity contribution in [3.63, 3.8) is 0 Å². The number of carbonyl (C=O) groups is 1. The van der Waals surface area contributed by atoms with E-state index < -0.39 is 11.7 Å². The van der Waals surface area contributed by atoms with Gasteiger partial charge in [-0.05, 0) is 40.2 Å². The number of amides is 1. The van der Waals surface area contributed by atoms with Crippen molar-refractivity contribution >= 4 is 21.8 Å². The van der Waals surface area contributed by atoms with Crippen molar-refractivity contribution in [1.29, 1.82) is 0 Å². The van der Waals surface area contributed by atoms with Crippen molar-refractivity contribution in [2.24, 2.45) is 0 Å². The highest BCUT2D eigenvalue weighted by Gasteiger charge is 2.11. The second kappa shape index (κ2) is 5.09. The van der Waals surface area contributed by atoms with E-state index in [4.69, 9.17) is 4.42 Å². The van der Waals surface area contributed by atoms with E-state index in [0.29, 0.717) is 4.67 Å². The molecule has 0 saturated heterocycles. The molecule has 1 amide bonds. The van der Waals surface area contributed by atoms with Crippen LogP contribution >= 0.6 is 15.9 Å². The zero-order valence-corrected chi connectivity index (χ0v) is 10.2. The summed E-state index contributed by atoms with van der Waals surface area (Å²) in [6, 6.07) is 5.91. The number of hydrogen-bond acceptors (Lipinski definition) is 3. The molecule has 0 aromatic carbocycles. The Labute approximate surface area is 105 Å². The van der Waals surface area contributed by atoms with Crippen LogP contribution in [-0.4, -0.2) is 10.9 Å². The average molecular weight is 299 g/mol. The largest absolute Gasteiger partial charge is 0.444 e. The van der Waals surface area contributed by atoms with Crippen LogP contribution in [0.25, 0.3) is 0 Å². The van der Waals surface area contributed by atoms with E-state index in [1.165, 1.54) is 24.4 Å². The smallest absolute Gasteiger partial charge is 0.287 e. The molecule has 2 aromatic heterocycles. The van der Waals surface area contributed by atoms with Crippen molar-refractivity contribution in [3.8, 4) is 0 Å². The summed E-state index contributed by atoms with van der Waals surface area (Å²) in [5, 5.41) is 2.51. The number of halogens is 2. The van der Waals surface area contributed by atoms with Crippen LogP contribution in [0.3, 0.4) is 0 Å². The molecule has 0 bridgehead atoms. The van der Waals surface area contributed by atoms with E-state index in [0.717, 1.165) is 0 Å². The quantitative estimate of drug-likeness (QED) is 0.947. The maximum atomic E-state index is 13.2. The monoisotopic (exact) mass is 298 g/mol. The lowest BCUT2D eigenvalue weighted by atomic mass is 10.3. The first-order valence-corrected chi connectivity index (χ1v) is 5.59. The number of nitrogens with zero attached hydrogens (tertiary/aromatic N) is 1. The highest BCUT2D eigenvalue weighted by Crippen LogP contribution is 2.13. The fraction of sp³-hybridized carbons (Fsp3) is 0.0909. The van der Waals surface area contributed by atoms with Crippen LogP contribution in [0.1, 0.15) is 16.2 Å². The van der Waals surface area contributed by atoms with Gasteiger partial charge in [-0.1, -0.05) is 0 Å². The normalized spacial score (nSPS) is 10.2. The Kier molecular flexibility index (Phi) is 3.53. The van der Waals surface area contributed by atoms with Crippen LogP contribution < -0.4 is 5.32 Å². The zero-order chi connectivity index (χ0) is 12.3. The Morgan fingerprint density at radius 2 is 2.29 bits per heavy atom. The molecule has 0 spiro atoms. The second-order valence-corrected chi connectivity index (χ2v) is 4.00. The number of nitrogens with one attached hydrogen (secondary N) is 1. The van der Waals surface area contributed by atoms with Crippen LogP contribution in [0.5, 0.6) is 0 Å².